The molecule has 0 atom stereocenters. The van der Waals surface area contributed by atoms with Crippen LogP contribution < -0.4 is 4.84 Å². The van der Waals surface area contributed by atoms with Gasteiger partial charge in [0.25, 0.3) is 0 Å². The fourth-order valence-electron chi connectivity index (χ4n) is 0.937. The number of amidine groups is 1. The lowest BCUT2D eigenvalue weighted by atomic mass is 10.1. The Balaban J connectivity index is 2.96. The van der Waals surface area contributed by atoms with Crippen molar-refractivity contribution >= 4 is 17.6 Å². The van der Waals surface area contributed by atoms with Gasteiger partial charge in [-0.25, -0.2) is 0 Å². The monoisotopic (exact) mass is 182 g/mol. The third kappa shape index (κ3) is 1.98. The molecule has 2 nitrogen and oxygen atoms in total. The summed E-state index contributed by atoms with van der Waals surface area (Å²) in [7, 11) is 1.70. The largest absolute Gasteiger partial charge is 0.282 e. The topological polar surface area (TPSA) is 24.4 Å². The second-order valence-corrected chi connectivity index (χ2v) is 2.72. The zero-order chi connectivity index (χ0) is 8.97. The van der Waals surface area contributed by atoms with E-state index in [-0.39, 0.29) is 0 Å². The summed E-state index contributed by atoms with van der Waals surface area (Å²) < 4.78 is 0. The molecule has 0 heterocycles. The molecule has 0 saturated heterocycles. The van der Waals surface area contributed by atoms with Crippen molar-refractivity contribution in [3.63, 3.8) is 0 Å². The van der Waals surface area contributed by atoms with E-state index in [4.69, 9.17) is 11.8 Å². The molecule has 0 aromatic heterocycles. The van der Waals surface area contributed by atoms with Crippen LogP contribution in [0, 0.1) is 6.92 Å². The average Bonchev–Trinajstić information content (AvgIpc) is 2.10. The van der Waals surface area contributed by atoms with E-state index < -0.39 is 0 Å². The first-order valence-corrected chi connectivity index (χ1v) is 4.06. The molecule has 0 bridgehead atoms. The SMILES string of the molecule is CN=C(NCl)c1ccc(C)cc1. The van der Waals surface area contributed by atoms with Gasteiger partial charge in [0.2, 0.25) is 0 Å². The van der Waals surface area contributed by atoms with Crippen molar-refractivity contribution in [3.8, 4) is 0 Å². The van der Waals surface area contributed by atoms with Crippen LogP contribution in [0.2, 0.25) is 0 Å². The van der Waals surface area contributed by atoms with E-state index in [0.717, 1.165) is 5.56 Å². The Labute approximate surface area is 77.4 Å². The van der Waals surface area contributed by atoms with Gasteiger partial charge in [0.1, 0.15) is 5.84 Å². The van der Waals surface area contributed by atoms with E-state index in [1.54, 1.807) is 7.05 Å². The second kappa shape index (κ2) is 4.12. The average molecular weight is 183 g/mol. The highest BCUT2D eigenvalue weighted by molar-refractivity contribution is 6.25. The molecular weight excluding hydrogens is 172 g/mol. The maximum Gasteiger partial charge on any atom is 0.142 e. The summed E-state index contributed by atoms with van der Waals surface area (Å²) in [4.78, 5) is 6.49. The highest BCUT2D eigenvalue weighted by Crippen LogP contribution is 2.03. The van der Waals surface area contributed by atoms with Crippen LogP contribution in [-0.4, -0.2) is 12.9 Å². The zero-order valence-corrected chi connectivity index (χ0v) is 7.89. The zero-order valence-electron chi connectivity index (χ0n) is 7.13. The standard InChI is InChI=1S/C9H11ClN2/c1-7-3-5-8(6-4-7)9(11-2)12-10/h3-6H,1-2H3,(H,11,12). The fourth-order valence-corrected chi connectivity index (χ4v) is 1.13. The molecule has 0 aliphatic carbocycles. The van der Waals surface area contributed by atoms with Crippen LogP contribution in [0.15, 0.2) is 29.3 Å². The quantitative estimate of drug-likeness (QED) is 0.402. The van der Waals surface area contributed by atoms with Crippen LogP contribution in [0.1, 0.15) is 11.1 Å². The summed E-state index contributed by atoms with van der Waals surface area (Å²) >= 11 is 5.46. The summed E-state index contributed by atoms with van der Waals surface area (Å²) in [6.07, 6.45) is 0. The maximum absolute atomic E-state index is 5.46. The van der Waals surface area contributed by atoms with Gasteiger partial charge in [-0.2, -0.15) is 0 Å². The van der Waals surface area contributed by atoms with Gasteiger partial charge >= 0.3 is 0 Å². The maximum atomic E-state index is 5.46. The fraction of sp³-hybridized carbons (Fsp3) is 0.222. The Morgan fingerprint density at radius 2 is 1.92 bits per heavy atom. The highest BCUT2D eigenvalue weighted by Gasteiger charge is 1.98. The summed E-state index contributed by atoms with van der Waals surface area (Å²) in [6.45, 7) is 2.04. The van der Waals surface area contributed by atoms with Crippen molar-refractivity contribution in [2.24, 2.45) is 4.99 Å². The van der Waals surface area contributed by atoms with Crippen LogP contribution in [-0.2, 0) is 0 Å². The van der Waals surface area contributed by atoms with Gasteiger partial charge in [-0.15, -0.1) is 0 Å². The smallest absolute Gasteiger partial charge is 0.142 e. The van der Waals surface area contributed by atoms with Crippen molar-refractivity contribution in [3.05, 3.63) is 35.4 Å². The number of nitrogens with zero attached hydrogens (tertiary/aromatic N) is 1. The van der Waals surface area contributed by atoms with Crippen LogP contribution in [0.3, 0.4) is 0 Å². The lowest BCUT2D eigenvalue weighted by molar-refractivity contribution is 1.33. The number of halogens is 1. The molecule has 3 heteroatoms. The molecule has 0 unspecified atom stereocenters. The van der Waals surface area contributed by atoms with Gasteiger partial charge in [0.05, 0.1) is 0 Å². The van der Waals surface area contributed by atoms with Gasteiger partial charge in [0.15, 0.2) is 0 Å². The minimum Gasteiger partial charge on any atom is -0.282 e. The van der Waals surface area contributed by atoms with Crippen molar-refractivity contribution in [2.75, 3.05) is 7.05 Å². The van der Waals surface area contributed by atoms with Crippen molar-refractivity contribution < 1.29 is 0 Å². The molecule has 0 aliphatic heterocycles. The number of benzene rings is 1. The second-order valence-electron chi connectivity index (χ2n) is 2.53. The van der Waals surface area contributed by atoms with Gasteiger partial charge in [-0.1, -0.05) is 29.8 Å². The Morgan fingerprint density at radius 3 is 2.33 bits per heavy atom. The van der Waals surface area contributed by atoms with E-state index in [0.29, 0.717) is 5.84 Å². The molecule has 1 aromatic rings. The lowest BCUT2D eigenvalue weighted by Crippen LogP contribution is -2.13. The Morgan fingerprint density at radius 1 is 1.33 bits per heavy atom. The highest BCUT2D eigenvalue weighted by atomic mass is 35.5. The predicted octanol–water partition coefficient (Wildman–Crippen LogP) is 2.11. The van der Waals surface area contributed by atoms with Crippen LogP contribution in [0.25, 0.3) is 0 Å². The van der Waals surface area contributed by atoms with E-state index >= 15 is 0 Å². The molecule has 1 aromatic carbocycles. The molecule has 0 amide bonds. The summed E-state index contributed by atoms with van der Waals surface area (Å²) in [5.74, 6) is 0.691. The molecule has 1 N–H and O–H groups in total. The number of rotatable bonds is 1. The first kappa shape index (κ1) is 9.07. The van der Waals surface area contributed by atoms with E-state index in [1.807, 2.05) is 31.2 Å². The normalized spacial score (nSPS) is 11.4. The van der Waals surface area contributed by atoms with Crippen molar-refractivity contribution in [1.82, 2.24) is 4.84 Å². The Bertz CT molecular complexity index is 277. The number of aryl methyl sites for hydroxylation is 1. The third-order valence-electron chi connectivity index (χ3n) is 1.64. The summed E-state index contributed by atoms with van der Waals surface area (Å²) in [5.41, 5.74) is 2.22. The molecule has 64 valence electrons. The number of hydrogen-bond donors (Lipinski definition) is 1. The molecule has 0 radical (unpaired) electrons. The molecule has 0 fully saturated rings. The van der Waals surface area contributed by atoms with Gasteiger partial charge < -0.3 is 0 Å². The van der Waals surface area contributed by atoms with Crippen molar-refractivity contribution in [2.45, 2.75) is 6.92 Å². The Hall–Kier alpha value is -1.02. The van der Waals surface area contributed by atoms with Crippen LogP contribution in [0.4, 0.5) is 0 Å². The van der Waals surface area contributed by atoms with Gasteiger partial charge in [-0.3, -0.25) is 9.83 Å². The van der Waals surface area contributed by atoms with E-state index in [9.17, 15) is 0 Å². The van der Waals surface area contributed by atoms with E-state index in [2.05, 4.69) is 9.83 Å². The minimum atomic E-state index is 0.691. The predicted molar refractivity (Wildman–Crippen MR) is 52.6 cm³/mol. The molecule has 0 spiro atoms. The van der Waals surface area contributed by atoms with Gasteiger partial charge in [0, 0.05) is 24.4 Å². The van der Waals surface area contributed by atoms with Crippen LogP contribution >= 0.6 is 11.8 Å². The minimum absolute atomic E-state index is 0.691. The lowest BCUT2D eigenvalue weighted by Gasteiger charge is -2.02. The summed E-state index contributed by atoms with van der Waals surface area (Å²) in [5, 5.41) is 0. The van der Waals surface area contributed by atoms with E-state index in [1.165, 1.54) is 5.56 Å². The van der Waals surface area contributed by atoms with Crippen molar-refractivity contribution in [1.29, 1.82) is 0 Å². The molecular formula is C9H11ClN2. The Kier molecular flexibility index (Phi) is 3.11. The molecule has 1 rings (SSSR count). The van der Waals surface area contributed by atoms with Crippen LogP contribution in [0.5, 0.6) is 0 Å². The van der Waals surface area contributed by atoms with Gasteiger partial charge in [-0.05, 0) is 6.92 Å². The first-order valence-electron chi connectivity index (χ1n) is 3.68. The molecule has 0 aliphatic rings. The third-order valence-corrected chi connectivity index (χ3v) is 1.82. The number of nitrogens with one attached hydrogen (secondary N) is 1. The first-order chi connectivity index (χ1) is 5.77. The molecule has 0 saturated carbocycles. The molecule has 12 heavy (non-hydrogen) atoms. The summed E-state index contributed by atoms with van der Waals surface area (Å²) in [6, 6.07) is 8.00. The number of hydrogen-bond acceptors (Lipinski definition) is 1. The number of aliphatic imine (C=N–C) groups is 1.